The Hall–Kier alpha value is -2.95. The second kappa shape index (κ2) is 16.2. The van der Waals surface area contributed by atoms with Gasteiger partial charge in [-0.25, -0.2) is 0 Å². The van der Waals surface area contributed by atoms with E-state index in [1.54, 1.807) is 11.3 Å². The fourth-order valence-electron chi connectivity index (χ4n) is 4.48. The summed E-state index contributed by atoms with van der Waals surface area (Å²) in [7, 11) is 0. The molecule has 0 atom stereocenters. The lowest BCUT2D eigenvalue weighted by molar-refractivity contribution is -0.000636. The van der Waals surface area contributed by atoms with Gasteiger partial charge in [0.15, 0.2) is 0 Å². The van der Waals surface area contributed by atoms with Crippen molar-refractivity contribution in [2.75, 3.05) is 65.9 Å². The number of benzene rings is 2. The van der Waals surface area contributed by atoms with Gasteiger partial charge >= 0.3 is 0 Å². The maximum absolute atomic E-state index is 8.17. The van der Waals surface area contributed by atoms with Crippen LogP contribution in [0.5, 0.6) is 0 Å². The number of rotatable bonds is 19. The van der Waals surface area contributed by atoms with Crippen molar-refractivity contribution in [1.29, 1.82) is 0 Å². The van der Waals surface area contributed by atoms with E-state index < -0.39 is 0 Å². The fourth-order valence-corrected chi connectivity index (χ4v) is 5.21. The van der Waals surface area contributed by atoms with Gasteiger partial charge in [-0.15, -0.1) is 11.3 Å². The van der Waals surface area contributed by atoms with Crippen LogP contribution in [0, 0.1) is 0 Å². The average molecular weight is 552 g/mol. The molecule has 10 heteroatoms. The molecule has 0 spiro atoms. The number of aryl methyl sites for hydroxylation is 1. The SMILES string of the molecule is CCn1c2ccc(CNCCOCCOCCOCCOCCN=[N+]=[N-])cc2c2ccc(-c3cccs3)cc21. The number of ether oxygens (including phenoxy) is 4. The third-order valence-corrected chi connectivity index (χ3v) is 7.24. The molecule has 2 aromatic carbocycles. The maximum atomic E-state index is 8.17. The zero-order chi connectivity index (χ0) is 27.1. The van der Waals surface area contributed by atoms with Crippen LogP contribution in [0.3, 0.4) is 0 Å². The fraction of sp³-hybridized carbons (Fsp3) is 0.448. The number of hydrogen-bond donors (Lipinski definition) is 1. The summed E-state index contributed by atoms with van der Waals surface area (Å²) in [4.78, 5) is 3.96. The zero-order valence-corrected chi connectivity index (χ0v) is 23.3. The van der Waals surface area contributed by atoms with Gasteiger partial charge in [0.2, 0.25) is 0 Å². The number of hydrogen-bond acceptors (Lipinski definition) is 7. The Morgan fingerprint density at radius 1 is 0.846 bits per heavy atom. The van der Waals surface area contributed by atoms with Crippen LogP contribution in [0.4, 0.5) is 0 Å². The minimum atomic E-state index is 0.341. The molecule has 0 bridgehead atoms. The van der Waals surface area contributed by atoms with Gasteiger partial charge in [0, 0.05) is 57.8 Å². The van der Waals surface area contributed by atoms with E-state index in [0.717, 1.165) is 19.6 Å². The molecule has 0 aliphatic rings. The van der Waals surface area contributed by atoms with E-state index in [2.05, 4.69) is 80.7 Å². The van der Waals surface area contributed by atoms with Gasteiger partial charge in [-0.05, 0) is 53.2 Å². The highest BCUT2D eigenvalue weighted by Crippen LogP contribution is 2.34. The smallest absolute Gasteiger partial charge is 0.0701 e. The molecule has 0 amide bonds. The summed E-state index contributed by atoms with van der Waals surface area (Å²) in [5.41, 5.74) is 13.3. The van der Waals surface area contributed by atoms with E-state index in [-0.39, 0.29) is 0 Å². The quantitative estimate of drug-likeness (QED) is 0.0665. The van der Waals surface area contributed by atoms with E-state index in [4.69, 9.17) is 24.5 Å². The zero-order valence-electron chi connectivity index (χ0n) is 22.5. The molecule has 2 aromatic heterocycles. The van der Waals surface area contributed by atoms with E-state index in [0.29, 0.717) is 59.4 Å². The Morgan fingerprint density at radius 2 is 1.59 bits per heavy atom. The predicted octanol–water partition coefficient (Wildman–Crippen LogP) is 6.01. The van der Waals surface area contributed by atoms with Gasteiger partial charge in [-0.1, -0.05) is 29.4 Å². The molecule has 39 heavy (non-hydrogen) atoms. The van der Waals surface area contributed by atoms with Crippen LogP contribution < -0.4 is 5.32 Å². The molecule has 1 N–H and O–H groups in total. The van der Waals surface area contributed by atoms with Crippen molar-refractivity contribution in [2.24, 2.45) is 5.11 Å². The Morgan fingerprint density at radius 3 is 2.28 bits per heavy atom. The normalized spacial score (nSPS) is 11.4. The van der Waals surface area contributed by atoms with Gasteiger partial charge in [0.25, 0.3) is 0 Å². The van der Waals surface area contributed by atoms with Crippen molar-refractivity contribution in [1.82, 2.24) is 9.88 Å². The lowest BCUT2D eigenvalue weighted by Crippen LogP contribution is -2.20. The van der Waals surface area contributed by atoms with Crippen LogP contribution in [0.2, 0.25) is 0 Å². The summed E-state index contributed by atoms with van der Waals surface area (Å²) >= 11 is 1.78. The van der Waals surface area contributed by atoms with Crippen molar-refractivity contribution < 1.29 is 18.9 Å². The highest BCUT2D eigenvalue weighted by molar-refractivity contribution is 7.13. The van der Waals surface area contributed by atoms with Gasteiger partial charge in [-0.2, -0.15) is 0 Å². The first kappa shape index (κ1) is 29.0. The lowest BCUT2D eigenvalue weighted by Gasteiger charge is -2.08. The van der Waals surface area contributed by atoms with E-state index >= 15 is 0 Å². The maximum Gasteiger partial charge on any atom is 0.0701 e. The highest BCUT2D eigenvalue weighted by Gasteiger charge is 2.12. The molecule has 4 rings (SSSR count). The molecule has 0 saturated heterocycles. The van der Waals surface area contributed by atoms with E-state index in [1.165, 1.54) is 37.8 Å². The third-order valence-electron chi connectivity index (χ3n) is 6.32. The largest absolute Gasteiger partial charge is 0.379 e. The monoisotopic (exact) mass is 551 g/mol. The van der Waals surface area contributed by atoms with Gasteiger partial charge in [0.05, 0.1) is 52.9 Å². The van der Waals surface area contributed by atoms with Crippen LogP contribution >= 0.6 is 11.3 Å². The van der Waals surface area contributed by atoms with Gasteiger partial charge in [0.1, 0.15) is 0 Å². The topological polar surface area (TPSA) is 103 Å². The molecular formula is C29H37N5O4S. The molecule has 0 saturated carbocycles. The molecule has 2 heterocycles. The Bertz CT molecular complexity index is 1330. The van der Waals surface area contributed by atoms with Crippen LogP contribution in [-0.4, -0.2) is 70.5 Å². The first-order valence-corrected chi connectivity index (χ1v) is 14.3. The van der Waals surface area contributed by atoms with Gasteiger partial charge < -0.3 is 28.8 Å². The van der Waals surface area contributed by atoms with E-state index in [9.17, 15) is 0 Å². The molecule has 0 radical (unpaired) electrons. The second-order valence-corrected chi connectivity index (χ2v) is 9.83. The molecule has 208 valence electrons. The first-order valence-electron chi connectivity index (χ1n) is 13.4. The number of nitrogens with zero attached hydrogens (tertiary/aromatic N) is 4. The molecule has 4 aromatic rings. The van der Waals surface area contributed by atoms with Crippen molar-refractivity contribution >= 4 is 33.1 Å². The summed E-state index contributed by atoms with van der Waals surface area (Å²) in [5.74, 6) is 0. The van der Waals surface area contributed by atoms with Crippen LogP contribution in [-0.2, 0) is 32.0 Å². The average Bonchev–Trinajstić information content (AvgIpc) is 3.61. The molecule has 9 nitrogen and oxygen atoms in total. The lowest BCUT2D eigenvalue weighted by atomic mass is 10.1. The molecule has 0 fully saturated rings. The highest BCUT2D eigenvalue weighted by atomic mass is 32.1. The number of thiophene rings is 1. The Balaban J connectivity index is 1.12. The summed E-state index contributed by atoms with van der Waals surface area (Å²) in [5, 5.41) is 11.6. The third kappa shape index (κ3) is 8.52. The second-order valence-electron chi connectivity index (χ2n) is 8.89. The van der Waals surface area contributed by atoms with Crippen LogP contribution in [0.1, 0.15) is 12.5 Å². The standard InChI is InChI=1S/C29H37N5O4S/c1-2-34-27-8-5-23(20-26(27)25-7-6-24(21-28(25)34)29-4-3-19-39-29)22-31-9-11-35-13-15-37-17-18-38-16-14-36-12-10-32-33-30/h3-8,19-21,31H,2,9-18,22H2,1H3. The van der Waals surface area contributed by atoms with Crippen LogP contribution in [0.25, 0.3) is 42.7 Å². The molecular weight excluding hydrogens is 514 g/mol. The minimum absolute atomic E-state index is 0.341. The number of nitrogens with one attached hydrogen (secondary N) is 1. The van der Waals surface area contributed by atoms with Crippen molar-refractivity contribution in [3.63, 3.8) is 0 Å². The van der Waals surface area contributed by atoms with Gasteiger partial charge in [-0.3, -0.25) is 0 Å². The Labute approximate surface area is 233 Å². The van der Waals surface area contributed by atoms with Crippen molar-refractivity contribution in [3.8, 4) is 10.4 Å². The summed E-state index contributed by atoms with van der Waals surface area (Å²) < 4.78 is 24.3. The number of azide groups is 1. The molecule has 0 unspecified atom stereocenters. The van der Waals surface area contributed by atoms with Crippen molar-refractivity contribution in [2.45, 2.75) is 20.0 Å². The minimum Gasteiger partial charge on any atom is -0.379 e. The van der Waals surface area contributed by atoms with Crippen LogP contribution in [0.15, 0.2) is 59.0 Å². The number of aromatic nitrogens is 1. The molecule has 0 aliphatic heterocycles. The number of fused-ring (bicyclic) bond motifs is 3. The first-order chi connectivity index (χ1) is 19.3. The summed E-state index contributed by atoms with van der Waals surface area (Å²) in [6.45, 7) is 9.21. The van der Waals surface area contributed by atoms with E-state index in [1.807, 2.05) is 0 Å². The summed E-state index contributed by atoms with van der Waals surface area (Å²) in [6.07, 6.45) is 0. The molecule has 0 aliphatic carbocycles. The summed E-state index contributed by atoms with van der Waals surface area (Å²) in [6, 6.07) is 17.9. The van der Waals surface area contributed by atoms with Crippen molar-refractivity contribution in [3.05, 3.63) is 69.9 Å². The predicted molar refractivity (Wildman–Crippen MR) is 157 cm³/mol. The Kier molecular flexibility index (Phi) is 12.1.